The zero-order valence-corrected chi connectivity index (χ0v) is 17.7. The molecule has 0 saturated carbocycles. The van der Waals surface area contributed by atoms with Gasteiger partial charge in [0, 0.05) is 12.7 Å². The molecule has 4 rings (SSSR count). The minimum absolute atomic E-state index is 0.0566. The first-order valence-corrected chi connectivity index (χ1v) is 10.4. The molecule has 0 amide bonds. The Balaban J connectivity index is 1.45. The summed E-state index contributed by atoms with van der Waals surface area (Å²) in [5.41, 5.74) is 0. The van der Waals surface area contributed by atoms with Crippen LogP contribution in [0.5, 0.6) is 11.6 Å². The number of nitrogens with zero attached hydrogens (tertiary/aromatic N) is 5. The van der Waals surface area contributed by atoms with E-state index in [4.69, 9.17) is 21.1 Å². The summed E-state index contributed by atoms with van der Waals surface area (Å²) >= 11 is 5.75. The fourth-order valence-corrected chi connectivity index (χ4v) is 3.47. The molecule has 8 nitrogen and oxygen atoms in total. The van der Waals surface area contributed by atoms with Crippen molar-refractivity contribution in [2.24, 2.45) is 0 Å². The van der Waals surface area contributed by atoms with Gasteiger partial charge in [0.05, 0.1) is 25.5 Å². The standard InChI is InChI=1S/C21H22ClFN6O2/c1-2-30-16-6-3-9-25-21(16)31-14-5-4-10-29(13-14)19-12-24-11-18(27-19)26-17-8-7-15(23)20(22)28-17/h3,6-9,11-12,14H,2,4-5,10,13H2,1H3,(H,26,27,28). The number of piperidine rings is 1. The van der Waals surface area contributed by atoms with Gasteiger partial charge < -0.3 is 19.7 Å². The summed E-state index contributed by atoms with van der Waals surface area (Å²) in [6.45, 7) is 3.94. The van der Waals surface area contributed by atoms with E-state index in [0.717, 1.165) is 19.4 Å². The maximum Gasteiger partial charge on any atom is 0.257 e. The van der Waals surface area contributed by atoms with Crippen molar-refractivity contribution in [2.45, 2.75) is 25.9 Å². The van der Waals surface area contributed by atoms with Gasteiger partial charge in [-0.25, -0.2) is 19.3 Å². The molecule has 1 atom stereocenters. The Morgan fingerprint density at radius 3 is 2.97 bits per heavy atom. The van der Waals surface area contributed by atoms with Crippen molar-refractivity contribution in [3.05, 3.63) is 53.8 Å². The highest BCUT2D eigenvalue weighted by atomic mass is 35.5. The van der Waals surface area contributed by atoms with Crippen LogP contribution < -0.4 is 19.7 Å². The summed E-state index contributed by atoms with van der Waals surface area (Å²) in [5, 5.41) is 2.80. The highest BCUT2D eigenvalue weighted by molar-refractivity contribution is 6.29. The van der Waals surface area contributed by atoms with E-state index in [1.54, 1.807) is 18.6 Å². The van der Waals surface area contributed by atoms with E-state index in [1.165, 1.54) is 12.1 Å². The Kier molecular flexibility index (Phi) is 6.61. The quantitative estimate of drug-likeness (QED) is 0.541. The van der Waals surface area contributed by atoms with Crippen molar-refractivity contribution >= 4 is 29.1 Å². The molecular formula is C21H22ClFN6O2. The second-order valence-corrected chi connectivity index (χ2v) is 7.28. The lowest BCUT2D eigenvalue weighted by Gasteiger charge is -2.33. The van der Waals surface area contributed by atoms with Crippen LogP contribution >= 0.6 is 11.6 Å². The summed E-state index contributed by atoms with van der Waals surface area (Å²) in [5.74, 6) is 2.13. The minimum Gasteiger partial charge on any atom is -0.488 e. The van der Waals surface area contributed by atoms with Crippen LogP contribution in [0.3, 0.4) is 0 Å². The van der Waals surface area contributed by atoms with Crippen LogP contribution in [-0.4, -0.2) is 45.7 Å². The molecule has 1 fully saturated rings. The second-order valence-electron chi connectivity index (χ2n) is 6.92. The Morgan fingerprint density at radius 2 is 2.13 bits per heavy atom. The molecule has 1 unspecified atom stereocenters. The molecule has 1 aliphatic rings. The first-order valence-electron chi connectivity index (χ1n) is 10.0. The Hall–Kier alpha value is -3.20. The summed E-state index contributed by atoms with van der Waals surface area (Å²) in [7, 11) is 0. The van der Waals surface area contributed by atoms with Gasteiger partial charge in [0.25, 0.3) is 5.88 Å². The molecule has 162 valence electrons. The highest BCUT2D eigenvalue weighted by Crippen LogP contribution is 2.28. The molecule has 0 aliphatic carbocycles. The van der Waals surface area contributed by atoms with Crippen molar-refractivity contribution in [3.8, 4) is 11.6 Å². The fourth-order valence-electron chi connectivity index (χ4n) is 3.32. The van der Waals surface area contributed by atoms with Gasteiger partial charge in [-0.3, -0.25) is 4.98 Å². The number of ether oxygens (including phenoxy) is 2. The smallest absolute Gasteiger partial charge is 0.257 e. The Morgan fingerprint density at radius 1 is 1.23 bits per heavy atom. The highest BCUT2D eigenvalue weighted by Gasteiger charge is 2.24. The van der Waals surface area contributed by atoms with Crippen molar-refractivity contribution in [1.29, 1.82) is 0 Å². The summed E-state index contributed by atoms with van der Waals surface area (Å²) in [6, 6.07) is 6.41. The van der Waals surface area contributed by atoms with E-state index in [0.29, 0.717) is 42.2 Å². The third kappa shape index (κ3) is 5.29. The van der Waals surface area contributed by atoms with Crippen LogP contribution in [0.15, 0.2) is 42.9 Å². The number of halogens is 2. The molecule has 0 bridgehead atoms. The molecule has 0 aromatic carbocycles. The molecule has 0 radical (unpaired) electrons. The monoisotopic (exact) mass is 444 g/mol. The second kappa shape index (κ2) is 9.74. The van der Waals surface area contributed by atoms with E-state index >= 15 is 0 Å². The SMILES string of the molecule is CCOc1cccnc1OC1CCCN(c2cncc(Nc3ccc(F)c(Cl)n3)n2)C1. The zero-order valence-electron chi connectivity index (χ0n) is 17.0. The summed E-state index contributed by atoms with van der Waals surface area (Å²) in [4.78, 5) is 19.3. The molecule has 0 spiro atoms. The largest absolute Gasteiger partial charge is 0.488 e. The summed E-state index contributed by atoms with van der Waals surface area (Å²) in [6.07, 6.45) is 6.75. The molecule has 1 aliphatic heterocycles. The average molecular weight is 445 g/mol. The number of rotatable bonds is 7. The lowest BCUT2D eigenvalue weighted by Crippen LogP contribution is -2.41. The average Bonchev–Trinajstić information content (AvgIpc) is 2.78. The molecule has 10 heteroatoms. The fraction of sp³-hybridized carbons (Fsp3) is 0.333. The molecule has 3 aromatic rings. The third-order valence-electron chi connectivity index (χ3n) is 4.70. The minimum atomic E-state index is -0.577. The van der Waals surface area contributed by atoms with Crippen molar-refractivity contribution < 1.29 is 13.9 Å². The van der Waals surface area contributed by atoms with E-state index in [2.05, 4.69) is 30.2 Å². The first-order chi connectivity index (χ1) is 15.1. The van der Waals surface area contributed by atoms with Crippen LogP contribution in [0, 0.1) is 5.82 Å². The predicted octanol–water partition coefficient (Wildman–Crippen LogP) is 4.25. The van der Waals surface area contributed by atoms with Crippen molar-refractivity contribution in [2.75, 3.05) is 29.9 Å². The number of pyridine rings is 2. The number of hydrogen-bond acceptors (Lipinski definition) is 8. The maximum atomic E-state index is 13.3. The third-order valence-corrected chi connectivity index (χ3v) is 4.96. The Bertz CT molecular complexity index is 1040. The van der Waals surface area contributed by atoms with Crippen LogP contribution in [0.25, 0.3) is 0 Å². The number of aromatic nitrogens is 4. The maximum absolute atomic E-state index is 13.3. The summed E-state index contributed by atoms with van der Waals surface area (Å²) < 4.78 is 25.1. The van der Waals surface area contributed by atoms with Gasteiger partial charge in [-0.1, -0.05) is 11.6 Å². The van der Waals surface area contributed by atoms with E-state index in [9.17, 15) is 4.39 Å². The van der Waals surface area contributed by atoms with Crippen LogP contribution in [-0.2, 0) is 0 Å². The molecule has 3 aromatic heterocycles. The van der Waals surface area contributed by atoms with Gasteiger partial charge in [0.1, 0.15) is 17.7 Å². The van der Waals surface area contributed by atoms with Gasteiger partial charge in [-0.2, -0.15) is 0 Å². The molecule has 1 saturated heterocycles. The molecule has 31 heavy (non-hydrogen) atoms. The van der Waals surface area contributed by atoms with Gasteiger partial charge in [0.2, 0.25) is 0 Å². The van der Waals surface area contributed by atoms with E-state index in [1.807, 2.05) is 19.1 Å². The number of nitrogens with one attached hydrogen (secondary N) is 1. The van der Waals surface area contributed by atoms with Gasteiger partial charge in [-0.05, 0) is 44.0 Å². The Labute approximate surface area is 184 Å². The van der Waals surface area contributed by atoms with Crippen molar-refractivity contribution in [3.63, 3.8) is 0 Å². The lowest BCUT2D eigenvalue weighted by atomic mass is 10.1. The van der Waals surface area contributed by atoms with Crippen LogP contribution in [0.1, 0.15) is 19.8 Å². The van der Waals surface area contributed by atoms with Gasteiger partial charge in [-0.15, -0.1) is 0 Å². The number of anilines is 3. The van der Waals surface area contributed by atoms with Crippen LogP contribution in [0.2, 0.25) is 5.15 Å². The predicted molar refractivity (Wildman–Crippen MR) is 116 cm³/mol. The van der Waals surface area contributed by atoms with Gasteiger partial charge >= 0.3 is 0 Å². The van der Waals surface area contributed by atoms with Crippen molar-refractivity contribution in [1.82, 2.24) is 19.9 Å². The topological polar surface area (TPSA) is 85.3 Å². The zero-order chi connectivity index (χ0) is 21.6. The first kappa shape index (κ1) is 21.0. The molecule has 1 N–H and O–H groups in total. The molecular weight excluding hydrogens is 423 g/mol. The van der Waals surface area contributed by atoms with E-state index < -0.39 is 5.82 Å². The molecule has 4 heterocycles. The van der Waals surface area contributed by atoms with E-state index in [-0.39, 0.29) is 11.3 Å². The normalized spacial score (nSPS) is 16.1. The number of hydrogen-bond donors (Lipinski definition) is 1. The van der Waals surface area contributed by atoms with Crippen LogP contribution in [0.4, 0.5) is 21.8 Å². The lowest BCUT2D eigenvalue weighted by molar-refractivity contribution is 0.162. The van der Waals surface area contributed by atoms with Gasteiger partial charge in [0.15, 0.2) is 22.5 Å².